The molecule has 0 spiro atoms. The fourth-order valence-electron chi connectivity index (χ4n) is 3.43. The quantitative estimate of drug-likeness (QED) is 0.825. The molecule has 4 nitrogen and oxygen atoms in total. The van der Waals surface area contributed by atoms with Crippen LogP contribution in [0.25, 0.3) is 0 Å². The van der Waals surface area contributed by atoms with E-state index in [1.54, 1.807) is 0 Å². The molecule has 2 atom stereocenters. The molecule has 0 aromatic carbocycles. The predicted molar refractivity (Wildman–Crippen MR) is 84.7 cm³/mol. The molecule has 0 radical (unpaired) electrons. The summed E-state index contributed by atoms with van der Waals surface area (Å²) < 4.78 is 0. The highest BCUT2D eigenvalue weighted by atomic mass is 16.1. The Hall–Kier alpha value is -1.55. The SMILES string of the molecule is CN(C)CCCC1=CC2C3=C(CCCN3)C(=O)NC2C=C1. The standard InChI is InChI=1S/C17H25N3O/c1-20(2)10-4-5-12-7-8-15-14(11-12)16-13(17(21)19-15)6-3-9-18-16/h7-8,11,14-15,18H,3-6,9-10H2,1-2H3,(H,19,21). The van der Waals surface area contributed by atoms with Gasteiger partial charge in [-0.2, -0.15) is 0 Å². The fraction of sp³-hybridized carbons (Fsp3) is 0.588. The summed E-state index contributed by atoms with van der Waals surface area (Å²) in [6.45, 7) is 2.10. The number of carbonyl (C=O) groups excluding carboxylic acids is 1. The Morgan fingerprint density at radius 2 is 2.24 bits per heavy atom. The van der Waals surface area contributed by atoms with E-state index in [9.17, 15) is 4.79 Å². The molecule has 2 aliphatic heterocycles. The lowest BCUT2D eigenvalue weighted by Crippen LogP contribution is -2.49. The smallest absolute Gasteiger partial charge is 0.249 e. The van der Waals surface area contributed by atoms with Gasteiger partial charge in [-0.25, -0.2) is 0 Å². The van der Waals surface area contributed by atoms with Crippen LogP contribution in [0.15, 0.2) is 35.1 Å². The molecule has 0 saturated carbocycles. The number of fused-ring (bicyclic) bond motifs is 2. The van der Waals surface area contributed by atoms with Crippen LogP contribution in [0.1, 0.15) is 25.7 Å². The molecule has 1 amide bonds. The second kappa shape index (κ2) is 6.06. The van der Waals surface area contributed by atoms with Gasteiger partial charge < -0.3 is 15.5 Å². The molecule has 0 fully saturated rings. The molecule has 0 saturated heterocycles. The van der Waals surface area contributed by atoms with E-state index in [-0.39, 0.29) is 11.9 Å². The lowest BCUT2D eigenvalue weighted by molar-refractivity contribution is -0.119. The fourth-order valence-corrected chi connectivity index (χ4v) is 3.43. The Bertz CT molecular complexity index is 516. The van der Waals surface area contributed by atoms with Crippen LogP contribution in [-0.2, 0) is 4.79 Å². The summed E-state index contributed by atoms with van der Waals surface area (Å²) in [7, 11) is 4.22. The number of nitrogens with one attached hydrogen (secondary N) is 2. The molecule has 114 valence electrons. The summed E-state index contributed by atoms with van der Waals surface area (Å²) in [6, 6.07) is 0.124. The molecule has 2 N–H and O–H groups in total. The van der Waals surface area contributed by atoms with Crippen LogP contribution in [0.5, 0.6) is 0 Å². The molecule has 4 heteroatoms. The summed E-state index contributed by atoms with van der Waals surface area (Å²) >= 11 is 0. The van der Waals surface area contributed by atoms with Crippen molar-refractivity contribution in [1.82, 2.24) is 15.5 Å². The number of nitrogens with zero attached hydrogens (tertiary/aromatic N) is 1. The van der Waals surface area contributed by atoms with Crippen molar-refractivity contribution in [2.24, 2.45) is 5.92 Å². The van der Waals surface area contributed by atoms with Crippen LogP contribution in [-0.4, -0.2) is 44.0 Å². The Morgan fingerprint density at radius 3 is 3.05 bits per heavy atom. The molecule has 2 unspecified atom stereocenters. The van der Waals surface area contributed by atoms with Crippen LogP contribution in [0, 0.1) is 5.92 Å². The van der Waals surface area contributed by atoms with Crippen molar-refractivity contribution in [3.8, 4) is 0 Å². The normalized spacial score (nSPS) is 27.8. The molecule has 2 heterocycles. The van der Waals surface area contributed by atoms with Gasteiger partial charge in [0.25, 0.3) is 0 Å². The van der Waals surface area contributed by atoms with E-state index < -0.39 is 0 Å². The zero-order valence-corrected chi connectivity index (χ0v) is 13.0. The van der Waals surface area contributed by atoms with Gasteiger partial charge in [-0.15, -0.1) is 0 Å². The molecular weight excluding hydrogens is 262 g/mol. The van der Waals surface area contributed by atoms with Gasteiger partial charge in [0, 0.05) is 23.7 Å². The molecule has 0 aromatic heterocycles. The average molecular weight is 287 g/mol. The molecule has 3 aliphatic rings. The first-order chi connectivity index (χ1) is 10.1. The van der Waals surface area contributed by atoms with Gasteiger partial charge in [-0.05, 0) is 46.3 Å². The van der Waals surface area contributed by atoms with E-state index in [4.69, 9.17) is 0 Å². The summed E-state index contributed by atoms with van der Waals surface area (Å²) in [5, 5.41) is 6.61. The maximum Gasteiger partial charge on any atom is 0.249 e. The summed E-state index contributed by atoms with van der Waals surface area (Å²) in [5.74, 6) is 0.421. The minimum Gasteiger partial charge on any atom is -0.387 e. The largest absolute Gasteiger partial charge is 0.387 e. The van der Waals surface area contributed by atoms with Crippen LogP contribution < -0.4 is 10.6 Å². The maximum atomic E-state index is 12.1. The van der Waals surface area contributed by atoms with E-state index in [0.29, 0.717) is 5.92 Å². The third-order valence-electron chi connectivity index (χ3n) is 4.52. The summed E-state index contributed by atoms with van der Waals surface area (Å²) in [5.41, 5.74) is 3.54. The zero-order chi connectivity index (χ0) is 14.8. The minimum absolute atomic E-state index is 0.118. The second-order valence-electron chi connectivity index (χ2n) is 6.46. The third-order valence-corrected chi connectivity index (χ3v) is 4.52. The first-order valence-electron chi connectivity index (χ1n) is 7.96. The molecule has 1 aliphatic carbocycles. The lowest BCUT2D eigenvalue weighted by Gasteiger charge is -2.37. The molecule has 0 aromatic rings. The van der Waals surface area contributed by atoms with E-state index >= 15 is 0 Å². The van der Waals surface area contributed by atoms with E-state index in [2.05, 4.69) is 47.9 Å². The van der Waals surface area contributed by atoms with E-state index in [0.717, 1.165) is 37.9 Å². The Balaban J connectivity index is 1.76. The van der Waals surface area contributed by atoms with Gasteiger partial charge in [-0.1, -0.05) is 23.8 Å². The number of carbonyl (C=O) groups is 1. The van der Waals surface area contributed by atoms with Crippen molar-refractivity contribution >= 4 is 5.91 Å². The van der Waals surface area contributed by atoms with Gasteiger partial charge in [-0.3, -0.25) is 4.79 Å². The van der Waals surface area contributed by atoms with Gasteiger partial charge in [0.15, 0.2) is 0 Å². The molecule has 3 rings (SSSR count). The van der Waals surface area contributed by atoms with Crippen molar-refractivity contribution < 1.29 is 4.79 Å². The first-order valence-corrected chi connectivity index (χ1v) is 7.96. The van der Waals surface area contributed by atoms with Crippen molar-refractivity contribution in [2.45, 2.75) is 31.7 Å². The van der Waals surface area contributed by atoms with Crippen molar-refractivity contribution in [2.75, 3.05) is 27.2 Å². The number of hydrogen-bond acceptors (Lipinski definition) is 3. The molecule has 0 bridgehead atoms. The Labute approximate surface area is 127 Å². The summed E-state index contributed by atoms with van der Waals surface area (Å²) in [4.78, 5) is 14.4. The van der Waals surface area contributed by atoms with Crippen LogP contribution >= 0.6 is 0 Å². The van der Waals surface area contributed by atoms with Crippen molar-refractivity contribution in [3.63, 3.8) is 0 Å². The van der Waals surface area contributed by atoms with E-state index in [1.807, 2.05) is 0 Å². The number of rotatable bonds is 4. The highest BCUT2D eigenvalue weighted by molar-refractivity contribution is 5.96. The number of hydrogen-bond donors (Lipinski definition) is 2. The van der Waals surface area contributed by atoms with Crippen LogP contribution in [0.3, 0.4) is 0 Å². The van der Waals surface area contributed by atoms with Gasteiger partial charge in [0.2, 0.25) is 5.91 Å². The van der Waals surface area contributed by atoms with Crippen molar-refractivity contribution in [1.29, 1.82) is 0 Å². The molecule has 21 heavy (non-hydrogen) atoms. The first kappa shape index (κ1) is 14.4. The molecular formula is C17H25N3O. The highest BCUT2D eigenvalue weighted by Crippen LogP contribution is 2.33. The second-order valence-corrected chi connectivity index (χ2v) is 6.46. The predicted octanol–water partition coefficient (Wildman–Crippen LogP) is 1.58. The van der Waals surface area contributed by atoms with Gasteiger partial charge in [0.05, 0.1) is 6.04 Å². The average Bonchev–Trinajstić information content (AvgIpc) is 2.48. The van der Waals surface area contributed by atoms with Gasteiger partial charge in [0.1, 0.15) is 0 Å². The van der Waals surface area contributed by atoms with Gasteiger partial charge >= 0.3 is 0 Å². The number of allylic oxidation sites excluding steroid dienone is 2. The van der Waals surface area contributed by atoms with Crippen LogP contribution in [0.4, 0.5) is 0 Å². The Kier molecular flexibility index (Phi) is 4.15. The topological polar surface area (TPSA) is 44.4 Å². The monoisotopic (exact) mass is 287 g/mol. The number of amides is 1. The highest BCUT2D eigenvalue weighted by Gasteiger charge is 2.35. The summed E-state index contributed by atoms with van der Waals surface area (Å²) in [6.07, 6.45) is 10.9. The maximum absolute atomic E-state index is 12.1. The third kappa shape index (κ3) is 3.05. The zero-order valence-electron chi connectivity index (χ0n) is 13.0. The minimum atomic E-state index is 0.118. The van der Waals surface area contributed by atoms with Crippen LogP contribution in [0.2, 0.25) is 0 Å². The van der Waals surface area contributed by atoms with E-state index in [1.165, 1.54) is 17.7 Å². The van der Waals surface area contributed by atoms with Crippen molar-refractivity contribution in [3.05, 3.63) is 35.1 Å². The lowest BCUT2D eigenvalue weighted by atomic mass is 9.81. The Morgan fingerprint density at radius 1 is 1.38 bits per heavy atom.